The third-order valence-electron chi connectivity index (χ3n) is 4.86. The fourth-order valence-electron chi connectivity index (χ4n) is 3.55. The second kappa shape index (κ2) is 9.61. The second-order valence-corrected chi connectivity index (χ2v) is 11.2. The lowest BCUT2D eigenvalue weighted by Gasteiger charge is -2.38. The van der Waals surface area contributed by atoms with Crippen LogP contribution in [0.1, 0.15) is 22.7 Å². The Balaban J connectivity index is 2.12. The third-order valence-corrected chi connectivity index (χ3v) is 8.45. The van der Waals surface area contributed by atoms with Gasteiger partial charge in [0.05, 0.1) is 27.4 Å². The number of rotatable bonds is 3. The van der Waals surface area contributed by atoms with Gasteiger partial charge < -0.3 is 14.7 Å². The van der Waals surface area contributed by atoms with Gasteiger partial charge in [-0.05, 0) is 138 Å². The van der Waals surface area contributed by atoms with E-state index in [-0.39, 0.29) is 25.1 Å². The number of benzene rings is 2. The van der Waals surface area contributed by atoms with Gasteiger partial charge in [0, 0.05) is 6.54 Å². The van der Waals surface area contributed by atoms with Crippen molar-refractivity contribution in [2.45, 2.75) is 25.1 Å². The fraction of sp³-hybridized carbons (Fsp3) is 0.316. The summed E-state index contributed by atoms with van der Waals surface area (Å²) in [5.41, 5.74) is 2.24. The van der Waals surface area contributed by atoms with Gasteiger partial charge in [-0.1, -0.05) is 0 Å². The number of amides is 1. The van der Waals surface area contributed by atoms with Gasteiger partial charge in [-0.25, -0.2) is 0 Å². The van der Waals surface area contributed by atoms with Crippen LogP contribution in [-0.2, 0) is 17.6 Å². The summed E-state index contributed by atoms with van der Waals surface area (Å²) in [6.07, 6.45) is -4.47. The summed E-state index contributed by atoms with van der Waals surface area (Å²) in [5, 5.41) is 10.3. The van der Waals surface area contributed by atoms with Crippen LogP contribution >= 0.6 is 90.4 Å². The van der Waals surface area contributed by atoms with Crippen molar-refractivity contribution in [1.29, 1.82) is 0 Å². The predicted molar refractivity (Wildman–Crippen MR) is 140 cm³/mol. The molecule has 1 aliphatic heterocycles. The zero-order chi connectivity index (χ0) is 22.4. The van der Waals surface area contributed by atoms with Crippen LogP contribution in [0.25, 0.3) is 0 Å². The molecule has 30 heavy (non-hydrogen) atoms. The number of hydrogen-bond donors (Lipinski definition) is 1. The predicted octanol–water partition coefficient (Wildman–Crippen LogP) is 6.05. The maximum atomic E-state index is 13.3. The van der Waals surface area contributed by atoms with Crippen LogP contribution in [0.4, 0.5) is 13.2 Å². The summed E-state index contributed by atoms with van der Waals surface area (Å²) in [5.74, 6) is -1.01. The van der Waals surface area contributed by atoms with Crippen LogP contribution in [0, 0.1) is 14.3 Å². The lowest BCUT2D eigenvalue weighted by Crippen LogP contribution is -2.47. The second-order valence-electron chi connectivity index (χ2n) is 6.65. The SMILES string of the molecule is COc1c(I)cc(CC2c3cc(I)c(O)c(I)c3CCN2C(=O)C(F)(F)F)cc1I. The number of alkyl halides is 3. The molecule has 0 bridgehead atoms. The molecule has 0 aromatic heterocycles. The Labute approximate surface area is 225 Å². The third kappa shape index (κ3) is 4.92. The van der Waals surface area contributed by atoms with Gasteiger partial charge in [-0.3, -0.25) is 4.79 Å². The highest BCUT2D eigenvalue weighted by Crippen LogP contribution is 2.42. The van der Waals surface area contributed by atoms with Gasteiger partial charge in [-0.15, -0.1) is 0 Å². The van der Waals surface area contributed by atoms with Crippen molar-refractivity contribution >= 4 is 96.3 Å². The lowest BCUT2D eigenvalue weighted by molar-refractivity contribution is -0.188. The average Bonchev–Trinajstić information content (AvgIpc) is 2.65. The molecule has 0 spiro atoms. The minimum absolute atomic E-state index is 0.0591. The number of ether oxygens (including phenoxy) is 1. The number of aromatic hydroxyl groups is 1. The molecule has 0 fully saturated rings. The number of hydrogen-bond acceptors (Lipinski definition) is 3. The van der Waals surface area contributed by atoms with Crippen molar-refractivity contribution in [3.05, 3.63) is 49.2 Å². The average molecular weight is 869 g/mol. The summed E-state index contributed by atoms with van der Waals surface area (Å²) < 4.78 is 48.2. The zero-order valence-electron chi connectivity index (χ0n) is 15.3. The first-order chi connectivity index (χ1) is 14.0. The van der Waals surface area contributed by atoms with Crippen LogP contribution in [-0.4, -0.2) is 35.7 Å². The van der Waals surface area contributed by atoms with Gasteiger partial charge in [-0.2, -0.15) is 13.2 Å². The van der Waals surface area contributed by atoms with Gasteiger partial charge in [0.15, 0.2) is 0 Å². The minimum Gasteiger partial charge on any atom is -0.506 e. The van der Waals surface area contributed by atoms with E-state index in [9.17, 15) is 23.1 Å². The van der Waals surface area contributed by atoms with Crippen molar-refractivity contribution in [2.75, 3.05) is 13.7 Å². The summed E-state index contributed by atoms with van der Waals surface area (Å²) in [4.78, 5) is 13.1. The number of phenols is 1. The molecule has 0 aliphatic carbocycles. The van der Waals surface area contributed by atoms with Crippen LogP contribution in [0.5, 0.6) is 11.5 Å². The molecule has 0 saturated heterocycles. The van der Waals surface area contributed by atoms with E-state index in [0.717, 1.165) is 23.2 Å². The van der Waals surface area contributed by atoms with Crippen molar-refractivity contribution in [3.8, 4) is 11.5 Å². The number of carbonyl (C=O) groups is 1. The number of fused-ring (bicyclic) bond motifs is 1. The van der Waals surface area contributed by atoms with Crippen LogP contribution in [0.2, 0.25) is 0 Å². The van der Waals surface area contributed by atoms with Crippen LogP contribution in [0.15, 0.2) is 18.2 Å². The summed E-state index contributed by atoms with van der Waals surface area (Å²) in [6.45, 7) is -0.0591. The molecule has 2 aromatic carbocycles. The normalized spacial score (nSPS) is 16.4. The van der Waals surface area contributed by atoms with Gasteiger partial charge >= 0.3 is 12.1 Å². The van der Waals surface area contributed by atoms with Crippen molar-refractivity contribution < 1.29 is 27.8 Å². The zero-order valence-corrected chi connectivity index (χ0v) is 23.9. The Kier molecular flexibility index (Phi) is 7.96. The van der Waals surface area contributed by atoms with Crippen LogP contribution < -0.4 is 4.74 Å². The molecule has 1 amide bonds. The molecular weight excluding hydrogens is 855 g/mol. The molecule has 162 valence electrons. The molecule has 1 atom stereocenters. The topological polar surface area (TPSA) is 49.8 Å². The van der Waals surface area contributed by atoms with E-state index < -0.39 is 18.1 Å². The van der Waals surface area contributed by atoms with E-state index >= 15 is 0 Å². The smallest absolute Gasteiger partial charge is 0.471 e. The summed E-state index contributed by atoms with van der Waals surface area (Å²) >= 11 is 8.23. The summed E-state index contributed by atoms with van der Waals surface area (Å²) in [7, 11) is 1.57. The maximum absolute atomic E-state index is 13.3. The number of halogens is 7. The Morgan fingerprint density at radius 1 is 1.17 bits per heavy atom. The quantitative estimate of drug-likeness (QED) is 0.383. The lowest BCUT2D eigenvalue weighted by atomic mass is 9.88. The van der Waals surface area contributed by atoms with Gasteiger partial charge in [0.25, 0.3) is 0 Å². The van der Waals surface area contributed by atoms with E-state index in [4.69, 9.17) is 4.74 Å². The Bertz CT molecular complexity index is 990. The molecule has 2 aromatic rings. The van der Waals surface area contributed by atoms with E-state index in [0.29, 0.717) is 18.5 Å². The van der Waals surface area contributed by atoms with E-state index in [2.05, 4.69) is 45.2 Å². The van der Waals surface area contributed by atoms with E-state index in [1.807, 2.05) is 57.3 Å². The highest BCUT2D eigenvalue weighted by atomic mass is 127. The number of carbonyl (C=O) groups excluding carboxylic acids is 1. The minimum atomic E-state index is -4.95. The molecule has 4 nitrogen and oxygen atoms in total. The first-order valence-corrected chi connectivity index (χ1v) is 12.9. The molecule has 1 aliphatic rings. The van der Waals surface area contributed by atoms with Crippen molar-refractivity contribution in [2.24, 2.45) is 0 Å². The Hall–Kier alpha value is 0.220. The monoisotopic (exact) mass is 869 g/mol. The molecule has 11 heteroatoms. The highest BCUT2D eigenvalue weighted by molar-refractivity contribution is 14.1. The Morgan fingerprint density at radius 3 is 2.30 bits per heavy atom. The first kappa shape index (κ1) is 24.9. The summed E-state index contributed by atoms with van der Waals surface area (Å²) in [6, 6.07) is 4.63. The molecule has 1 N–H and O–H groups in total. The molecule has 1 unspecified atom stereocenters. The first-order valence-electron chi connectivity index (χ1n) is 8.55. The molecule has 0 radical (unpaired) electrons. The standard InChI is InChI=1S/C19H14F3I4NO3/c1-30-17-12(24)4-8(5-13(17)25)6-14-10-7-11(23)16(28)15(26)9(10)2-3-27(14)18(29)19(20,21)22/h4-5,7,14,28H,2-3,6H2,1H3. The van der Waals surface area contributed by atoms with Crippen LogP contribution in [0.3, 0.4) is 0 Å². The largest absolute Gasteiger partial charge is 0.506 e. The number of phenolic OH excluding ortho intramolecular Hbond substituents is 1. The van der Waals surface area contributed by atoms with Crippen molar-refractivity contribution in [3.63, 3.8) is 0 Å². The fourth-order valence-corrected chi connectivity index (χ4v) is 7.88. The van der Waals surface area contributed by atoms with Gasteiger partial charge in [0.1, 0.15) is 11.5 Å². The maximum Gasteiger partial charge on any atom is 0.471 e. The molecule has 0 saturated carbocycles. The van der Waals surface area contributed by atoms with Gasteiger partial charge in [0.2, 0.25) is 0 Å². The Morgan fingerprint density at radius 2 is 1.77 bits per heavy atom. The molecular formula is C19H14F3I4NO3. The molecule has 1 heterocycles. The number of methoxy groups -OCH3 is 1. The number of nitrogens with zero attached hydrogens (tertiary/aromatic N) is 1. The highest BCUT2D eigenvalue weighted by Gasteiger charge is 2.46. The molecule has 3 rings (SSSR count). The van der Waals surface area contributed by atoms with Crippen molar-refractivity contribution in [1.82, 2.24) is 4.90 Å². The van der Waals surface area contributed by atoms with E-state index in [1.54, 1.807) is 13.2 Å². The van der Waals surface area contributed by atoms with E-state index in [1.165, 1.54) is 0 Å².